The Morgan fingerprint density at radius 2 is 0.750 bits per heavy atom. The predicted octanol–water partition coefficient (Wildman–Crippen LogP) is 3.07. The molecule has 5 heteroatoms. The van der Waals surface area contributed by atoms with Crippen molar-refractivity contribution in [2.75, 3.05) is 94.1 Å². The highest BCUT2D eigenvalue weighted by Crippen LogP contribution is 2.01. The van der Waals surface area contributed by atoms with Crippen molar-refractivity contribution in [3.8, 4) is 0 Å². The fourth-order valence-corrected chi connectivity index (χ4v) is 3.47. The van der Waals surface area contributed by atoms with E-state index in [2.05, 4.69) is 60.0 Å². The second kappa shape index (κ2) is 20.1. The lowest BCUT2D eigenvalue weighted by Crippen LogP contribution is -2.26. The van der Waals surface area contributed by atoms with Crippen molar-refractivity contribution in [1.29, 1.82) is 0 Å². The standard InChI is InChI=1S/C23H53N5/c1-7-25(3)17-10-11-19-27(5)21-14-15-23-28(6)22-13-12-20-26(4)18-9-8-16-24-2/h24H,7-23H2,1-6H3. The molecule has 170 valence electrons. The van der Waals surface area contributed by atoms with E-state index < -0.39 is 0 Å². The van der Waals surface area contributed by atoms with E-state index in [0.29, 0.717) is 0 Å². The van der Waals surface area contributed by atoms with E-state index in [1.165, 1.54) is 97.2 Å². The van der Waals surface area contributed by atoms with Gasteiger partial charge in [-0.15, -0.1) is 0 Å². The highest BCUT2D eigenvalue weighted by molar-refractivity contribution is 4.59. The first-order valence-corrected chi connectivity index (χ1v) is 11.9. The van der Waals surface area contributed by atoms with E-state index in [9.17, 15) is 0 Å². The molecule has 0 saturated carbocycles. The summed E-state index contributed by atoms with van der Waals surface area (Å²) in [5.74, 6) is 0. The van der Waals surface area contributed by atoms with Gasteiger partial charge in [0.15, 0.2) is 0 Å². The second-order valence-corrected chi connectivity index (χ2v) is 8.74. The molecule has 0 atom stereocenters. The van der Waals surface area contributed by atoms with Crippen molar-refractivity contribution >= 4 is 0 Å². The van der Waals surface area contributed by atoms with Crippen molar-refractivity contribution in [3.05, 3.63) is 0 Å². The van der Waals surface area contributed by atoms with Crippen LogP contribution in [-0.4, -0.2) is 114 Å². The van der Waals surface area contributed by atoms with E-state index in [0.717, 1.165) is 13.1 Å². The number of unbranched alkanes of at least 4 members (excludes halogenated alkanes) is 4. The minimum absolute atomic E-state index is 1.14. The number of rotatable bonds is 21. The Hall–Kier alpha value is -0.200. The maximum atomic E-state index is 3.22. The summed E-state index contributed by atoms with van der Waals surface area (Å²) in [5, 5.41) is 3.22. The van der Waals surface area contributed by atoms with E-state index in [-0.39, 0.29) is 0 Å². The van der Waals surface area contributed by atoms with Crippen LogP contribution in [0.5, 0.6) is 0 Å². The SMILES string of the molecule is CCN(C)CCCCN(C)CCCCN(C)CCCCN(C)CCCCNC. The molecule has 0 bridgehead atoms. The van der Waals surface area contributed by atoms with Crippen LogP contribution in [-0.2, 0) is 0 Å². The largest absolute Gasteiger partial charge is 0.320 e. The third kappa shape index (κ3) is 19.1. The molecule has 0 aliphatic carbocycles. The monoisotopic (exact) mass is 399 g/mol. The summed E-state index contributed by atoms with van der Waals surface area (Å²) < 4.78 is 0. The molecule has 0 aliphatic heterocycles. The summed E-state index contributed by atoms with van der Waals surface area (Å²) in [6.07, 6.45) is 10.5. The molecule has 0 aliphatic rings. The molecule has 0 aromatic heterocycles. The van der Waals surface area contributed by atoms with Gasteiger partial charge in [-0.3, -0.25) is 0 Å². The van der Waals surface area contributed by atoms with Crippen LogP contribution < -0.4 is 5.32 Å². The first-order chi connectivity index (χ1) is 13.5. The van der Waals surface area contributed by atoms with Crippen LogP contribution in [0.4, 0.5) is 0 Å². The Bertz CT molecular complexity index is 313. The molecular formula is C23H53N5. The number of hydrogen-bond donors (Lipinski definition) is 1. The number of nitrogens with zero attached hydrogens (tertiary/aromatic N) is 4. The summed E-state index contributed by atoms with van der Waals surface area (Å²) >= 11 is 0. The minimum Gasteiger partial charge on any atom is -0.320 e. The fourth-order valence-electron chi connectivity index (χ4n) is 3.47. The van der Waals surface area contributed by atoms with Crippen molar-refractivity contribution in [2.24, 2.45) is 0 Å². The molecule has 0 radical (unpaired) electrons. The van der Waals surface area contributed by atoms with Gasteiger partial charge in [0, 0.05) is 0 Å². The average molecular weight is 400 g/mol. The Morgan fingerprint density at radius 3 is 1.04 bits per heavy atom. The lowest BCUT2D eigenvalue weighted by molar-refractivity contribution is 0.271. The molecule has 0 amide bonds. The summed E-state index contributed by atoms with van der Waals surface area (Å²) in [6, 6.07) is 0. The summed E-state index contributed by atoms with van der Waals surface area (Å²) in [4.78, 5) is 9.93. The Kier molecular flexibility index (Phi) is 19.9. The lowest BCUT2D eigenvalue weighted by atomic mass is 10.2. The molecule has 5 nitrogen and oxygen atoms in total. The maximum absolute atomic E-state index is 3.22. The second-order valence-electron chi connectivity index (χ2n) is 8.74. The van der Waals surface area contributed by atoms with Crippen LogP contribution >= 0.6 is 0 Å². The Morgan fingerprint density at radius 1 is 0.464 bits per heavy atom. The molecule has 0 spiro atoms. The summed E-state index contributed by atoms with van der Waals surface area (Å²) in [5.41, 5.74) is 0. The molecule has 0 saturated heterocycles. The minimum atomic E-state index is 1.14. The highest BCUT2D eigenvalue weighted by atomic mass is 15.1. The van der Waals surface area contributed by atoms with Gasteiger partial charge < -0.3 is 24.9 Å². The average Bonchev–Trinajstić information content (AvgIpc) is 2.69. The summed E-state index contributed by atoms with van der Waals surface area (Å²) in [7, 11) is 11.1. The van der Waals surface area contributed by atoms with E-state index in [1.54, 1.807) is 0 Å². The lowest BCUT2D eigenvalue weighted by Gasteiger charge is -2.20. The normalized spacial score (nSPS) is 12.2. The van der Waals surface area contributed by atoms with Gasteiger partial charge in [0.25, 0.3) is 0 Å². The van der Waals surface area contributed by atoms with Gasteiger partial charge in [0.2, 0.25) is 0 Å². The molecule has 28 heavy (non-hydrogen) atoms. The van der Waals surface area contributed by atoms with Gasteiger partial charge in [-0.25, -0.2) is 0 Å². The fraction of sp³-hybridized carbons (Fsp3) is 1.00. The topological polar surface area (TPSA) is 25.0 Å². The van der Waals surface area contributed by atoms with E-state index in [4.69, 9.17) is 0 Å². The van der Waals surface area contributed by atoms with E-state index in [1.807, 2.05) is 7.05 Å². The zero-order valence-corrected chi connectivity index (χ0v) is 20.3. The molecule has 1 N–H and O–H groups in total. The highest BCUT2D eigenvalue weighted by Gasteiger charge is 2.03. The van der Waals surface area contributed by atoms with Gasteiger partial charge >= 0.3 is 0 Å². The number of hydrogen-bond acceptors (Lipinski definition) is 5. The number of nitrogens with one attached hydrogen (secondary N) is 1. The quantitative estimate of drug-likeness (QED) is 0.299. The van der Waals surface area contributed by atoms with Crippen molar-refractivity contribution in [3.63, 3.8) is 0 Å². The third-order valence-corrected chi connectivity index (χ3v) is 5.75. The third-order valence-electron chi connectivity index (χ3n) is 5.75. The first-order valence-electron chi connectivity index (χ1n) is 11.9. The molecular weight excluding hydrogens is 346 g/mol. The van der Waals surface area contributed by atoms with Gasteiger partial charge in [-0.05, 0) is 146 Å². The smallest absolute Gasteiger partial charge is 0.00213 e. The van der Waals surface area contributed by atoms with Crippen LogP contribution in [0.2, 0.25) is 0 Å². The van der Waals surface area contributed by atoms with Crippen LogP contribution in [0.3, 0.4) is 0 Å². The molecule has 0 fully saturated rings. The summed E-state index contributed by atoms with van der Waals surface area (Å²) in [6.45, 7) is 13.2. The van der Waals surface area contributed by atoms with Crippen LogP contribution in [0.15, 0.2) is 0 Å². The van der Waals surface area contributed by atoms with Crippen molar-refractivity contribution in [2.45, 2.75) is 58.3 Å². The van der Waals surface area contributed by atoms with Crippen LogP contribution in [0.25, 0.3) is 0 Å². The molecule has 0 heterocycles. The van der Waals surface area contributed by atoms with Gasteiger partial charge in [-0.1, -0.05) is 6.92 Å². The van der Waals surface area contributed by atoms with Crippen molar-refractivity contribution in [1.82, 2.24) is 24.9 Å². The predicted molar refractivity (Wildman–Crippen MR) is 127 cm³/mol. The van der Waals surface area contributed by atoms with Gasteiger partial charge in [-0.2, -0.15) is 0 Å². The van der Waals surface area contributed by atoms with Crippen LogP contribution in [0, 0.1) is 0 Å². The zero-order valence-electron chi connectivity index (χ0n) is 20.3. The van der Waals surface area contributed by atoms with Crippen LogP contribution in [0.1, 0.15) is 58.3 Å². The molecule has 0 aromatic carbocycles. The Labute approximate surface area is 177 Å². The van der Waals surface area contributed by atoms with Gasteiger partial charge in [0.05, 0.1) is 0 Å². The van der Waals surface area contributed by atoms with Crippen molar-refractivity contribution < 1.29 is 0 Å². The first kappa shape index (κ1) is 27.8. The Balaban J connectivity index is 3.43. The molecule has 0 aromatic rings. The van der Waals surface area contributed by atoms with E-state index >= 15 is 0 Å². The molecule has 0 unspecified atom stereocenters. The zero-order chi connectivity index (χ0) is 21.0. The van der Waals surface area contributed by atoms with Gasteiger partial charge in [0.1, 0.15) is 0 Å². The maximum Gasteiger partial charge on any atom is -0.00213 e. The molecule has 0 rings (SSSR count).